The summed E-state index contributed by atoms with van der Waals surface area (Å²) in [5, 5.41) is 8.67. The number of thiol groups is 1. The molecule has 0 bridgehead atoms. The Bertz CT molecular complexity index is 250. The summed E-state index contributed by atoms with van der Waals surface area (Å²) in [5.74, 6) is 0. The number of halogens is 1. The molecular weight excluding hydrogens is 224 g/mol. The highest BCUT2D eigenvalue weighted by atomic mass is 79.9. The van der Waals surface area contributed by atoms with Crippen molar-refractivity contribution in [1.82, 2.24) is 0 Å². The molecule has 60 valence electrons. The average Bonchev–Trinajstić information content (AvgIpc) is 1.95. The molecule has 0 fully saturated rings. The molecule has 0 heterocycles. The number of hydrogen-bond donors (Lipinski definition) is 2. The molecular formula is C8H9BrOS. The third-order valence-electron chi connectivity index (χ3n) is 1.43. The molecule has 0 aliphatic rings. The second kappa shape index (κ2) is 4.14. The summed E-state index contributed by atoms with van der Waals surface area (Å²) >= 11 is 7.60. The van der Waals surface area contributed by atoms with E-state index in [1.54, 1.807) is 0 Å². The lowest BCUT2D eigenvalue weighted by molar-refractivity contribution is 0.299. The van der Waals surface area contributed by atoms with Crippen LogP contribution in [0.15, 0.2) is 27.6 Å². The van der Waals surface area contributed by atoms with Gasteiger partial charge < -0.3 is 5.11 Å². The molecule has 0 spiro atoms. The fourth-order valence-electron chi connectivity index (χ4n) is 0.869. The maximum atomic E-state index is 8.67. The zero-order chi connectivity index (χ0) is 8.27. The maximum Gasteiger partial charge on any atom is 0.0471 e. The quantitative estimate of drug-likeness (QED) is 0.751. The van der Waals surface area contributed by atoms with E-state index in [0.717, 1.165) is 14.9 Å². The third kappa shape index (κ3) is 2.51. The molecule has 1 aromatic carbocycles. The summed E-state index contributed by atoms with van der Waals surface area (Å²) in [6.45, 7) is 0.176. The van der Waals surface area contributed by atoms with E-state index < -0.39 is 0 Å². The molecule has 0 unspecified atom stereocenters. The Morgan fingerprint density at radius 2 is 2.18 bits per heavy atom. The molecule has 0 aromatic heterocycles. The standard InChI is InChI=1S/C8H9BrOS/c9-7-2-1-6(3-4-10)8(11)5-7/h1-2,5,10-11H,3-4H2. The second-order valence-electron chi connectivity index (χ2n) is 2.25. The van der Waals surface area contributed by atoms with Gasteiger partial charge in [-0.25, -0.2) is 0 Å². The summed E-state index contributed by atoms with van der Waals surface area (Å²) < 4.78 is 1.02. The van der Waals surface area contributed by atoms with Crippen molar-refractivity contribution in [3.8, 4) is 0 Å². The Morgan fingerprint density at radius 1 is 1.45 bits per heavy atom. The summed E-state index contributed by atoms with van der Waals surface area (Å²) in [5.41, 5.74) is 1.08. The van der Waals surface area contributed by atoms with Gasteiger partial charge in [0.25, 0.3) is 0 Å². The fourth-order valence-corrected chi connectivity index (χ4v) is 1.73. The molecule has 1 N–H and O–H groups in total. The van der Waals surface area contributed by atoms with Crippen LogP contribution in [0.1, 0.15) is 5.56 Å². The van der Waals surface area contributed by atoms with Crippen molar-refractivity contribution in [3.05, 3.63) is 28.2 Å². The van der Waals surface area contributed by atoms with Crippen LogP contribution >= 0.6 is 28.6 Å². The normalized spacial score (nSPS) is 10.1. The minimum atomic E-state index is 0.176. The first kappa shape index (κ1) is 9.10. The summed E-state index contributed by atoms with van der Waals surface area (Å²) in [6.07, 6.45) is 0.673. The first-order valence-corrected chi connectivity index (χ1v) is 4.56. The van der Waals surface area contributed by atoms with Crippen LogP contribution in [0.3, 0.4) is 0 Å². The molecule has 0 saturated carbocycles. The molecule has 0 amide bonds. The summed E-state index contributed by atoms with van der Waals surface area (Å²) in [4.78, 5) is 0.924. The van der Waals surface area contributed by atoms with Gasteiger partial charge in [-0.3, -0.25) is 0 Å². The molecule has 0 aliphatic heterocycles. The Kier molecular flexibility index (Phi) is 3.43. The predicted octanol–water partition coefficient (Wildman–Crippen LogP) is 2.27. The Labute approximate surface area is 80.0 Å². The van der Waals surface area contributed by atoms with Crippen LogP contribution in [0.2, 0.25) is 0 Å². The van der Waals surface area contributed by atoms with Gasteiger partial charge in [-0.1, -0.05) is 22.0 Å². The number of benzene rings is 1. The van der Waals surface area contributed by atoms with Crippen molar-refractivity contribution < 1.29 is 5.11 Å². The highest BCUT2D eigenvalue weighted by Gasteiger charge is 1.97. The van der Waals surface area contributed by atoms with Crippen molar-refractivity contribution in [1.29, 1.82) is 0 Å². The highest BCUT2D eigenvalue weighted by Crippen LogP contribution is 2.19. The number of aliphatic hydroxyl groups excluding tert-OH is 1. The van der Waals surface area contributed by atoms with Crippen LogP contribution in [-0.4, -0.2) is 11.7 Å². The van der Waals surface area contributed by atoms with Gasteiger partial charge in [0.15, 0.2) is 0 Å². The predicted molar refractivity (Wildman–Crippen MR) is 52.2 cm³/mol. The average molecular weight is 233 g/mol. The van der Waals surface area contributed by atoms with Gasteiger partial charge in [0.1, 0.15) is 0 Å². The SMILES string of the molecule is OCCc1ccc(Br)cc1S. The molecule has 11 heavy (non-hydrogen) atoms. The molecule has 1 rings (SSSR count). The zero-order valence-electron chi connectivity index (χ0n) is 5.92. The first-order valence-electron chi connectivity index (χ1n) is 3.32. The van der Waals surface area contributed by atoms with Gasteiger partial charge in [0.2, 0.25) is 0 Å². The molecule has 1 nitrogen and oxygen atoms in total. The van der Waals surface area contributed by atoms with E-state index in [2.05, 4.69) is 28.6 Å². The smallest absolute Gasteiger partial charge is 0.0471 e. The summed E-state index contributed by atoms with van der Waals surface area (Å²) in [6, 6.07) is 5.83. The monoisotopic (exact) mass is 232 g/mol. The van der Waals surface area contributed by atoms with Crippen LogP contribution < -0.4 is 0 Å². The van der Waals surface area contributed by atoms with E-state index in [4.69, 9.17) is 5.11 Å². The van der Waals surface area contributed by atoms with Gasteiger partial charge in [0.05, 0.1) is 0 Å². The van der Waals surface area contributed by atoms with Gasteiger partial charge in [-0.05, 0) is 24.1 Å². The first-order chi connectivity index (χ1) is 5.24. The Morgan fingerprint density at radius 3 is 2.73 bits per heavy atom. The molecule has 0 aliphatic carbocycles. The van der Waals surface area contributed by atoms with Crippen LogP contribution in [0.25, 0.3) is 0 Å². The van der Waals surface area contributed by atoms with Gasteiger partial charge >= 0.3 is 0 Å². The molecule has 3 heteroatoms. The fraction of sp³-hybridized carbons (Fsp3) is 0.250. The minimum absolute atomic E-state index is 0.176. The van der Waals surface area contributed by atoms with Gasteiger partial charge in [-0.2, -0.15) is 0 Å². The van der Waals surface area contributed by atoms with Gasteiger partial charge in [-0.15, -0.1) is 12.6 Å². The number of aliphatic hydroxyl groups is 1. The lowest BCUT2D eigenvalue weighted by atomic mass is 10.2. The Hall–Kier alpha value is 0.01000. The van der Waals surface area contributed by atoms with Crippen LogP contribution in [0.5, 0.6) is 0 Å². The third-order valence-corrected chi connectivity index (χ3v) is 2.34. The largest absolute Gasteiger partial charge is 0.396 e. The maximum absolute atomic E-state index is 8.67. The van der Waals surface area contributed by atoms with Crippen LogP contribution in [0, 0.1) is 0 Å². The lowest BCUT2D eigenvalue weighted by Gasteiger charge is -2.02. The van der Waals surface area contributed by atoms with Crippen molar-refractivity contribution in [3.63, 3.8) is 0 Å². The van der Waals surface area contributed by atoms with Crippen molar-refractivity contribution in [2.75, 3.05) is 6.61 Å². The molecule has 1 aromatic rings. The lowest BCUT2D eigenvalue weighted by Crippen LogP contribution is -1.91. The molecule has 0 saturated heterocycles. The topological polar surface area (TPSA) is 20.2 Å². The van der Waals surface area contributed by atoms with Crippen molar-refractivity contribution in [2.45, 2.75) is 11.3 Å². The van der Waals surface area contributed by atoms with Gasteiger partial charge in [0, 0.05) is 16.0 Å². The molecule has 0 radical (unpaired) electrons. The van der Waals surface area contributed by atoms with Crippen LogP contribution in [0.4, 0.5) is 0 Å². The van der Waals surface area contributed by atoms with E-state index in [9.17, 15) is 0 Å². The van der Waals surface area contributed by atoms with Crippen molar-refractivity contribution >= 4 is 28.6 Å². The van der Waals surface area contributed by atoms with E-state index in [0.29, 0.717) is 6.42 Å². The highest BCUT2D eigenvalue weighted by molar-refractivity contribution is 9.10. The van der Waals surface area contributed by atoms with E-state index in [1.807, 2.05) is 18.2 Å². The van der Waals surface area contributed by atoms with Crippen molar-refractivity contribution in [2.24, 2.45) is 0 Å². The van der Waals surface area contributed by atoms with E-state index in [-0.39, 0.29) is 6.61 Å². The Balaban J connectivity index is 2.90. The zero-order valence-corrected chi connectivity index (χ0v) is 8.40. The minimum Gasteiger partial charge on any atom is -0.396 e. The van der Waals surface area contributed by atoms with E-state index >= 15 is 0 Å². The molecule has 0 atom stereocenters. The summed E-state index contributed by atoms with van der Waals surface area (Å²) in [7, 11) is 0. The number of hydrogen-bond acceptors (Lipinski definition) is 2. The number of rotatable bonds is 2. The second-order valence-corrected chi connectivity index (χ2v) is 3.64. The van der Waals surface area contributed by atoms with Crippen LogP contribution in [-0.2, 0) is 6.42 Å². The van der Waals surface area contributed by atoms with E-state index in [1.165, 1.54) is 0 Å².